The fourth-order valence-corrected chi connectivity index (χ4v) is 5.22. The number of thiocarbonyl (C=S) groups is 1. The molecule has 0 aromatic rings. The summed E-state index contributed by atoms with van der Waals surface area (Å²) in [4.78, 5) is 4.93. The predicted molar refractivity (Wildman–Crippen MR) is 92.0 cm³/mol. The van der Waals surface area contributed by atoms with E-state index in [0.717, 1.165) is 56.3 Å². The lowest BCUT2D eigenvalue weighted by Crippen LogP contribution is -2.54. The molecular formula is C17H29N3OS. The smallest absolute Gasteiger partial charge is 0.169 e. The van der Waals surface area contributed by atoms with Gasteiger partial charge in [0.2, 0.25) is 0 Å². The molecule has 4 nitrogen and oxygen atoms in total. The maximum absolute atomic E-state index is 5.75. The van der Waals surface area contributed by atoms with Crippen LogP contribution in [0.1, 0.15) is 38.5 Å². The molecule has 4 rings (SSSR count). The van der Waals surface area contributed by atoms with Crippen LogP contribution in [0.5, 0.6) is 0 Å². The Labute approximate surface area is 139 Å². The molecule has 0 amide bonds. The Balaban J connectivity index is 1.20. The van der Waals surface area contributed by atoms with Crippen molar-refractivity contribution in [3.05, 3.63) is 0 Å². The highest BCUT2D eigenvalue weighted by molar-refractivity contribution is 7.80. The zero-order chi connectivity index (χ0) is 14.9. The molecule has 2 aliphatic heterocycles. The summed E-state index contributed by atoms with van der Waals surface area (Å²) in [5, 5.41) is 4.69. The average molecular weight is 324 g/mol. The number of piperazine rings is 1. The van der Waals surface area contributed by atoms with E-state index in [-0.39, 0.29) is 0 Å². The topological polar surface area (TPSA) is 27.7 Å². The summed E-state index contributed by atoms with van der Waals surface area (Å²) in [6.07, 6.45) is 8.62. The first-order valence-electron chi connectivity index (χ1n) is 9.17. The number of hydrogen-bond donors (Lipinski definition) is 1. The fraction of sp³-hybridized carbons (Fsp3) is 0.941. The second-order valence-electron chi connectivity index (χ2n) is 7.65. The van der Waals surface area contributed by atoms with Crippen LogP contribution in [0, 0.1) is 11.8 Å². The van der Waals surface area contributed by atoms with Crippen molar-refractivity contribution in [3.8, 4) is 0 Å². The molecule has 5 heteroatoms. The van der Waals surface area contributed by atoms with Gasteiger partial charge in [-0.1, -0.05) is 6.42 Å². The minimum Gasteiger partial charge on any atom is -0.377 e. The van der Waals surface area contributed by atoms with Crippen LogP contribution >= 0.6 is 12.2 Å². The third kappa shape index (κ3) is 3.26. The molecule has 4 atom stereocenters. The van der Waals surface area contributed by atoms with Crippen LogP contribution in [-0.4, -0.2) is 66.4 Å². The van der Waals surface area contributed by atoms with E-state index in [0.29, 0.717) is 12.1 Å². The van der Waals surface area contributed by atoms with Crippen LogP contribution < -0.4 is 5.32 Å². The summed E-state index contributed by atoms with van der Waals surface area (Å²) < 4.78 is 5.75. The summed E-state index contributed by atoms with van der Waals surface area (Å²) in [5.41, 5.74) is 0. The standard InChI is InChI=1S/C17H29N3OS/c22-17(18-16-11-13-3-4-14(16)10-13)20-7-5-19(6-8-20)12-15-2-1-9-21-15/h13-16H,1-12H2,(H,18,22). The number of nitrogens with zero attached hydrogens (tertiary/aromatic N) is 2. The molecule has 2 heterocycles. The van der Waals surface area contributed by atoms with E-state index in [2.05, 4.69) is 15.1 Å². The minimum absolute atomic E-state index is 0.477. The fourth-order valence-electron chi connectivity index (χ4n) is 4.88. The third-order valence-electron chi connectivity index (χ3n) is 6.19. The Morgan fingerprint density at radius 2 is 1.95 bits per heavy atom. The lowest BCUT2D eigenvalue weighted by atomic mass is 9.95. The second kappa shape index (κ2) is 6.62. The van der Waals surface area contributed by atoms with E-state index in [1.54, 1.807) is 0 Å². The largest absolute Gasteiger partial charge is 0.377 e. The predicted octanol–water partition coefficient (Wildman–Crippen LogP) is 1.85. The average Bonchev–Trinajstić information content (AvgIpc) is 3.25. The van der Waals surface area contributed by atoms with E-state index in [4.69, 9.17) is 17.0 Å². The van der Waals surface area contributed by atoms with Crippen LogP contribution in [0.2, 0.25) is 0 Å². The lowest BCUT2D eigenvalue weighted by molar-refractivity contribution is 0.0601. The molecule has 22 heavy (non-hydrogen) atoms. The molecule has 2 saturated heterocycles. The Bertz CT molecular complexity index is 405. The first-order valence-corrected chi connectivity index (χ1v) is 9.58. The van der Waals surface area contributed by atoms with E-state index in [1.165, 1.54) is 38.5 Å². The Morgan fingerprint density at radius 3 is 2.59 bits per heavy atom. The molecule has 4 fully saturated rings. The van der Waals surface area contributed by atoms with Crippen molar-refractivity contribution in [2.75, 3.05) is 39.3 Å². The van der Waals surface area contributed by atoms with Gasteiger partial charge in [0.25, 0.3) is 0 Å². The molecule has 0 aromatic carbocycles. The van der Waals surface area contributed by atoms with Crippen molar-refractivity contribution in [1.29, 1.82) is 0 Å². The van der Waals surface area contributed by atoms with Crippen LogP contribution in [0.15, 0.2) is 0 Å². The Kier molecular flexibility index (Phi) is 4.56. The van der Waals surface area contributed by atoms with Gasteiger partial charge in [0, 0.05) is 45.4 Å². The molecule has 4 aliphatic rings. The van der Waals surface area contributed by atoms with Crippen LogP contribution in [-0.2, 0) is 4.74 Å². The maximum atomic E-state index is 5.75. The molecule has 0 radical (unpaired) electrons. The van der Waals surface area contributed by atoms with Gasteiger partial charge < -0.3 is 15.0 Å². The number of hydrogen-bond acceptors (Lipinski definition) is 3. The SMILES string of the molecule is S=C(NC1CC2CCC1C2)N1CCN(CC2CCCO2)CC1. The van der Waals surface area contributed by atoms with Gasteiger partial charge in [0.05, 0.1) is 6.10 Å². The van der Waals surface area contributed by atoms with Crippen molar-refractivity contribution in [2.45, 2.75) is 50.7 Å². The number of fused-ring (bicyclic) bond motifs is 2. The monoisotopic (exact) mass is 323 g/mol. The van der Waals surface area contributed by atoms with Gasteiger partial charge in [-0.3, -0.25) is 4.90 Å². The first kappa shape index (κ1) is 15.2. The van der Waals surface area contributed by atoms with Gasteiger partial charge in [0.15, 0.2) is 5.11 Å². The Hall–Kier alpha value is -0.390. The first-order chi connectivity index (χ1) is 10.8. The highest BCUT2D eigenvalue weighted by Crippen LogP contribution is 2.44. The summed E-state index contributed by atoms with van der Waals surface area (Å²) in [7, 11) is 0. The molecule has 2 aliphatic carbocycles. The molecule has 0 spiro atoms. The van der Waals surface area contributed by atoms with Gasteiger partial charge >= 0.3 is 0 Å². The highest BCUT2D eigenvalue weighted by atomic mass is 32.1. The summed E-state index contributed by atoms with van der Waals surface area (Å²) >= 11 is 5.68. The minimum atomic E-state index is 0.477. The van der Waals surface area contributed by atoms with E-state index >= 15 is 0 Å². The third-order valence-corrected chi connectivity index (χ3v) is 6.57. The molecule has 2 saturated carbocycles. The number of ether oxygens (including phenoxy) is 1. The number of nitrogens with one attached hydrogen (secondary N) is 1. The zero-order valence-corrected chi connectivity index (χ0v) is 14.3. The van der Waals surface area contributed by atoms with E-state index in [1.807, 2.05) is 0 Å². The van der Waals surface area contributed by atoms with Crippen LogP contribution in [0.3, 0.4) is 0 Å². The molecule has 0 aromatic heterocycles. The molecule has 4 unspecified atom stereocenters. The van der Waals surface area contributed by atoms with Gasteiger partial charge in [-0.2, -0.15) is 0 Å². The van der Waals surface area contributed by atoms with Crippen molar-refractivity contribution in [1.82, 2.24) is 15.1 Å². The van der Waals surface area contributed by atoms with Crippen LogP contribution in [0.4, 0.5) is 0 Å². The van der Waals surface area contributed by atoms with Crippen molar-refractivity contribution in [3.63, 3.8) is 0 Å². The van der Waals surface area contributed by atoms with E-state index < -0.39 is 0 Å². The molecule has 1 N–H and O–H groups in total. The normalized spacial score (nSPS) is 38.6. The summed E-state index contributed by atoms with van der Waals surface area (Å²) in [5.74, 6) is 1.87. The number of rotatable bonds is 3. The molecule has 2 bridgehead atoms. The zero-order valence-electron chi connectivity index (χ0n) is 13.5. The van der Waals surface area contributed by atoms with Gasteiger partial charge in [-0.15, -0.1) is 0 Å². The van der Waals surface area contributed by atoms with Gasteiger partial charge in [0.1, 0.15) is 0 Å². The van der Waals surface area contributed by atoms with Gasteiger partial charge in [-0.25, -0.2) is 0 Å². The Morgan fingerprint density at radius 1 is 1.09 bits per heavy atom. The summed E-state index contributed by atoms with van der Waals surface area (Å²) in [6.45, 7) is 6.46. The van der Waals surface area contributed by atoms with Crippen LogP contribution in [0.25, 0.3) is 0 Å². The van der Waals surface area contributed by atoms with Crippen molar-refractivity contribution >= 4 is 17.3 Å². The second-order valence-corrected chi connectivity index (χ2v) is 8.04. The van der Waals surface area contributed by atoms with Crippen molar-refractivity contribution in [2.24, 2.45) is 11.8 Å². The lowest BCUT2D eigenvalue weighted by Gasteiger charge is -2.38. The summed E-state index contributed by atoms with van der Waals surface area (Å²) in [6, 6.07) is 0.663. The maximum Gasteiger partial charge on any atom is 0.169 e. The highest BCUT2D eigenvalue weighted by Gasteiger charge is 2.40. The van der Waals surface area contributed by atoms with Crippen molar-refractivity contribution < 1.29 is 4.74 Å². The molecule has 124 valence electrons. The van der Waals surface area contributed by atoms with E-state index in [9.17, 15) is 0 Å². The molecular weight excluding hydrogens is 294 g/mol. The van der Waals surface area contributed by atoms with Gasteiger partial charge in [-0.05, 0) is 56.2 Å². The quantitative estimate of drug-likeness (QED) is 0.800.